The van der Waals surface area contributed by atoms with Crippen molar-refractivity contribution in [2.45, 2.75) is 27.3 Å². The molecule has 7 heteroatoms. The van der Waals surface area contributed by atoms with Gasteiger partial charge in [0.05, 0.1) is 10.9 Å². The highest BCUT2D eigenvalue weighted by molar-refractivity contribution is 5.92. The van der Waals surface area contributed by atoms with Crippen molar-refractivity contribution in [3.63, 3.8) is 0 Å². The number of rotatable bonds is 4. The van der Waals surface area contributed by atoms with E-state index in [-0.39, 0.29) is 22.5 Å². The minimum Gasteiger partial charge on any atom is -0.309 e. The third kappa shape index (κ3) is 4.37. The maximum Gasteiger partial charge on any atom is 0.271 e. The normalized spacial score (nSPS) is 12.2. The van der Waals surface area contributed by atoms with E-state index in [2.05, 4.69) is 11.1 Å². The molecule has 4 aromatic rings. The summed E-state index contributed by atoms with van der Waals surface area (Å²) in [6.45, 7) is 6.35. The SMILES string of the molecule is Cc1cccn2c(=O)c3cc(C#N)c(=NC(=O)/C=C/c4ccccc4)n(CC(C)C)c3nc12. The lowest BCUT2D eigenvalue weighted by atomic mass is 10.1. The Labute approximate surface area is 190 Å². The molecule has 164 valence electrons. The molecule has 0 saturated heterocycles. The Balaban J connectivity index is 2.01. The van der Waals surface area contributed by atoms with Crippen LogP contribution in [0.25, 0.3) is 22.8 Å². The van der Waals surface area contributed by atoms with Crippen LogP contribution in [-0.4, -0.2) is 19.9 Å². The maximum absolute atomic E-state index is 13.2. The largest absolute Gasteiger partial charge is 0.309 e. The van der Waals surface area contributed by atoms with Crippen molar-refractivity contribution in [2.24, 2.45) is 10.9 Å². The van der Waals surface area contributed by atoms with E-state index in [0.717, 1.165) is 11.1 Å². The number of nitrogens with zero attached hydrogens (tertiary/aromatic N) is 5. The Morgan fingerprint density at radius 3 is 2.64 bits per heavy atom. The van der Waals surface area contributed by atoms with Gasteiger partial charge in [-0.1, -0.05) is 50.2 Å². The molecule has 0 N–H and O–H groups in total. The minimum absolute atomic E-state index is 0.149. The van der Waals surface area contributed by atoms with Crippen molar-refractivity contribution in [2.75, 3.05) is 0 Å². The number of amides is 1. The van der Waals surface area contributed by atoms with E-state index in [4.69, 9.17) is 4.98 Å². The fourth-order valence-electron chi connectivity index (χ4n) is 3.70. The van der Waals surface area contributed by atoms with E-state index in [1.807, 2.05) is 57.2 Å². The first-order valence-electron chi connectivity index (χ1n) is 10.7. The molecule has 0 aliphatic carbocycles. The Hall–Kier alpha value is -4.31. The Bertz CT molecular complexity index is 1570. The molecule has 0 fully saturated rings. The molecule has 1 aromatic carbocycles. The van der Waals surface area contributed by atoms with Crippen LogP contribution in [0.1, 0.15) is 30.5 Å². The van der Waals surface area contributed by atoms with E-state index < -0.39 is 5.91 Å². The van der Waals surface area contributed by atoms with Crippen molar-refractivity contribution in [3.05, 3.63) is 93.3 Å². The van der Waals surface area contributed by atoms with Gasteiger partial charge in [0, 0.05) is 18.8 Å². The molecule has 33 heavy (non-hydrogen) atoms. The fraction of sp³-hybridized carbons (Fsp3) is 0.192. The number of carbonyl (C=O) groups is 1. The third-order valence-electron chi connectivity index (χ3n) is 5.21. The summed E-state index contributed by atoms with van der Waals surface area (Å²) in [4.78, 5) is 34.9. The smallest absolute Gasteiger partial charge is 0.271 e. The van der Waals surface area contributed by atoms with Crippen molar-refractivity contribution >= 4 is 28.7 Å². The summed E-state index contributed by atoms with van der Waals surface area (Å²) in [5.74, 6) is -0.339. The van der Waals surface area contributed by atoms with E-state index in [0.29, 0.717) is 23.2 Å². The fourth-order valence-corrected chi connectivity index (χ4v) is 3.70. The van der Waals surface area contributed by atoms with Gasteiger partial charge in [-0.2, -0.15) is 10.3 Å². The van der Waals surface area contributed by atoms with E-state index in [9.17, 15) is 14.9 Å². The van der Waals surface area contributed by atoms with Gasteiger partial charge in [-0.15, -0.1) is 0 Å². The van der Waals surface area contributed by atoms with Gasteiger partial charge in [0.1, 0.15) is 17.4 Å². The average molecular weight is 438 g/mol. The molecule has 0 spiro atoms. The molecule has 0 aliphatic heterocycles. The molecule has 0 saturated carbocycles. The second-order valence-electron chi connectivity index (χ2n) is 8.23. The molecule has 1 amide bonds. The summed E-state index contributed by atoms with van der Waals surface area (Å²) >= 11 is 0. The van der Waals surface area contributed by atoms with E-state index in [1.54, 1.807) is 22.9 Å². The van der Waals surface area contributed by atoms with Crippen molar-refractivity contribution < 1.29 is 4.79 Å². The van der Waals surface area contributed by atoms with Crippen LogP contribution in [0.5, 0.6) is 0 Å². The predicted molar refractivity (Wildman–Crippen MR) is 127 cm³/mol. The van der Waals surface area contributed by atoms with Crippen LogP contribution in [-0.2, 0) is 11.3 Å². The maximum atomic E-state index is 13.2. The van der Waals surface area contributed by atoms with E-state index in [1.165, 1.54) is 16.5 Å². The zero-order chi connectivity index (χ0) is 23.5. The third-order valence-corrected chi connectivity index (χ3v) is 5.21. The molecule has 3 aromatic heterocycles. The first kappa shape index (κ1) is 21.9. The van der Waals surface area contributed by atoms with Gasteiger partial charge in [-0.25, -0.2) is 4.98 Å². The second kappa shape index (κ2) is 9.05. The van der Waals surface area contributed by atoms with Gasteiger partial charge in [0.2, 0.25) is 0 Å². The molecule has 0 bridgehead atoms. The number of carbonyl (C=O) groups excluding carboxylic acids is 1. The zero-order valence-electron chi connectivity index (χ0n) is 18.7. The van der Waals surface area contributed by atoms with Gasteiger partial charge < -0.3 is 4.57 Å². The summed E-state index contributed by atoms with van der Waals surface area (Å²) in [5, 5.41) is 10.1. The quantitative estimate of drug-likeness (QED) is 0.360. The number of pyridine rings is 2. The van der Waals surface area contributed by atoms with Crippen molar-refractivity contribution in [1.82, 2.24) is 14.0 Å². The lowest BCUT2D eigenvalue weighted by Crippen LogP contribution is -2.30. The Morgan fingerprint density at radius 1 is 1.18 bits per heavy atom. The van der Waals surface area contributed by atoms with Gasteiger partial charge >= 0.3 is 0 Å². The molecule has 0 aliphatic rings. The van der Waals surface area contributed by atoms with Crippen LogP contribution in [0.15, 0.2) is 70.6 Å². The highest BCUT2D eigenvalue weighted by Gasteiger charge is 2.16. The number of hydrogen-bond donors (Lipinski definition) is 0. The van der Waals surface area contributed by atoms with Crippen LogP contribution in [0.2, 0.25) is 0 Å². The van der Waals surface area contributed by atoms with Gasteiger partial charge in [0.15, 0.2) is 5.49 Å². The highest BCUT2D eigenvalue weighted by atomic mass is 16.1. The summed E-state index contributed by atoms with van der Waals surface area (Å²) in [5.41, 5.74) is 2.72. The topological polar surface area (TPSA) is 92.5 Å². The van der Waals surface area contributed by atoms with Gasteiger partial charge in [-0.05, 0) is 42.2 Å². The van der Waals surface area contributed by atoms with Crippen LogP contribution >= 0.6 is 0 Å². The van der Waals surface area contributed by atoms with E-state index >= 15 is 0 Å². The average Bonchev–Trinajstić information content (AvgIpc) is 2.80. The van der Waals surface area contributed by atoms with Crippen molar-refractivity contribution in [1.29, 1.82) is 5.26 Å². The molecule has 0 unspecified atom stereocenters. The number of benzene rings is 1. The standard InChI is InChI=1S/C26H23N5O2/c1-17(2)16-31-24(28-22(32)12-11-19-9-5-4-6-10-19)20(15-27)14-21-25(31)29-23-18(3)8-7-13-30(23)26(21)33/h4-14,17H,16H2,1-3H3/b12-11+,28-24?. The number of aromatic nitrogens is 3. The number of hydrogen-bond acceptors (Lipinski definition) is 4. The van der Waals surface area contributed by atoms with Gasteiger partial charge in [0.25, 0.3) is 11.5 Å². The Kier molecular flexibility index (Phi) is 6.01. The highest BCUT2D eigenvalue weighted by Crippen LogP contribution is 2.14. The second-order valence-corrected chi connectivity index (χ2v) is 8.23. The van der Waals surface area contributed by atoms with Crippen LogP contribution in [0, 0.1) is 24.2 Å². The lowest BCUT2D eigenvalue weighted by molar-refractivity contribution is -0.113. The number of aryl methyl sites for hydroxylation is 1. The lowest BCUT2D eigenvalue weighted by Gasteiger charge is -2.15. The molecule has 3 heterocycles. The van der Waals surface area contributed by atoms with Gasteiger partial charge in [-0.3, -0.25) is 14.0 Å². The first-order valence-corrected chi connectivity index (χ1v) is 10.7. The molecule has 4 rings (SSSR count). The first-order chi connectivity index (χ1) is 15.9. The monoisotopic (exact) mass is 437 g/mol. The number of nitriles is 1. The zero-order valence-corrected chi connectivity index (χ0v) is 18.7. The van der Waals surface area contributed by atoms with Crippen LogP contribution < -0.4 is 11.0 Å². The van der Waals surface area contributed by atoms with Crippen LogP contribution in [0.4, 0.5) is 0 Å². The summed E-state index contributed by atoms with van der Waals surface area (Å²) < 4.78 is 3.18. The number of fused-ring (bicyclic) bond motifs is 2. The summed E-state index contributed by atoms with van der Waals surface area (Å²) in [6.07, 6.45) is 4.70. The molecule has 0 radical (unpaired) electrons. The Morgan fingerprint density at radius 2 is 1.94 bits per heavy atom. The van der Waals surface area contributed by atoms with Crippen molar-refractivity contribution in [3.8, 4) is 6.07 Å². The molecular formula is C26H23N5O2. The summed E-state index contributed by atoms with van der Waals surface area (Å²) in [6, 6.07) is 16.7. The predicted octanol–water partition coefficient (Wildman–Crippen LogP) is 3.63. The molecule has 7 nitrogen and oxygen atoms in total. The van der Waals surface area contributed by atoms with Crippen LogP contribution in [0.3, 0.4) is 0 Å². The minimum atomic E-state index is -0.499. The molecular weight excluding hydrogens is 414 g/mol. The summed E-state index contributed by atoms with van der Waals surface area (Å²) in [7, 11) is 0. The molecule has 0 atom stereocenters.